The summed E-state index contributed by atoms with van der Waals surface area (Å²) in [5.41, 5.74) is 1.12. The maximum absolute atomic E-state index is 5.98. The molecule has 4 nitrogen and oxygen atoms in total. The molecule has 2 aromatic rings. The molecular weight excluding hydrogens is 248 g/mol. The minimum atomic E-state index is 0.128. The molecule has 0 fully saturated rings. The SMILES string of the molecule is CNc1nccc(NC(C)c2cccc(Cl)c2)n1. The Morgan fingerprint density at radius 1 is 1.28 bits per heavy atom. The number of anilines is 2. The van der Waals surface area contributed by atoms with E-state index in [1.165, 1.54) is 0 Å². The molecule has 0 saturated heterocycles. The van der Waals surface area contributed by atoms with Gasteiger partial charge in [-0.3, -0.25) is 0 Å². The fourth-order valence-electron chi connectivity index (χ4n) is 1.64. The van der Waals surface area contributed by atoms with Crippen LogP contribution in [0.4, 0.5) is 11.8 Å². The maximum atomic E-state index is 5.98. The van der Waals surface area contributed by atoms with E-state index in [4.69, 9.17) is 11.6 Å². The van der Waals surface area contributed by atoms with Gasteiger partial charge in [0.05, 0.1) is 0 Å². The lowest BCUT2D eigenvalue weighted by Gasteiger charge is -2.15. The second-order valence-electron chi connectivity index (χ2n) is 3.94. The largest absolute Gasteiger partial charge is 0.363 e. The highest BCUT2D eigenvalue weighted by atomic mass is 35.5. The van der Waals surface area contributed by atoms with Crippen molar-refractivity contribution in [1.29, 1.82) is 0 Å². The second kappa shape index (κ2) is 5.69. The Bertz CT molecular complexity index is 530. The summed E-state index contributed by atoms with van der Waals surface area (Å²) in [7, 11) is 1.79. The number of hydrogen-bond acceptors (Lipinski definition) is 4. The molecule has 0 amide bonds. The first-order valence-electron chi connectivity index (χ1n) is 5.72. The van der Waals surface area contributed by atoms with E-state index >= 15 is 0 Å². The van der Waals surface area contributed by atoms with E-state index in [9.17, 15) is 0 Å². The highest BCUT2D eigenvalue weighted by Gasteiger charge is 2.06. The van der Waals surface area contributed by atoms with Crippen LogP contribution in [-0.4, -0.2) is 17.0 Å². The van der Waals surface area contributed by atoms with Crippen molar-refractivity contribution >= 4 is 23.4 Å². The van der Waals surface area contributed by atoms with Gasteiger partial charge in [0.2, 0.25) is 5.95 Å². The van der Waals surface area contributed by atoms with Gasteiger partial charge in [-0.2, -0.15) is 4.98 Å². The number of nitrogens with zero attached hydrogens (tertiary/aromatic N) is 2. The highest BCUT2D eigenvalue weighted by Crippen LogP contribution is 2.20. The van der Waals surface area contributed by atoms with Gasteiger partial charge < -0.3 is 10.6 Å². The lowest BCUT2D eigenvalue weighted by molar-refractivity contribution is 0.872. The Morgan fingerprint density at radius 3 is 2.83 bits per heavy atom. The summed E-state index contributed by atoms with van der Waals surface area (Å²) >= 11 is 5.98. The van der Waals surface area contributed by atoms with E-state index in [1.807, 2.05) is 30.3 Å². The molecule has 1 unspecified atom stereocenters. The van der Waals surface area contributed by atoms with Crippen molar-refractivity contribution in [1.82, 2.24) is 9.97 Å². The summed E-state index contributed by atoms with van der Waals surface area (Å²) in [6.07, 6.45) is 1.71. The predicted molar refractivity (Wildman–Crippen MR) is 75.1 cm³/mol. The molecule has 0 spiro atoms. The predicted octanol–water partition coefficient (Wildman–Crippen LogP) is 3.34. The second-order valence-corrected chi connectivity index (χ2v) is 4.37. The summed E-state index contributed by atoms with van der Waals surface area (Å²) in [5, 5.41) is 6.95. The first-order chi connectivity index (χ1) is 8.69. The van der Waals surface area contributed by atoms with Crippen LogP contribution in [0.3, 0.4) is 0 Å². The van der Waals surface area contributed by atoms with Gasteiger partial charge in [0.25, 0.3) is 0 Å². The molecule has 0 aliphatic rings. The average Bonchev–Trinajstić information content (AvgIpc) is 2.39. The molecule has 0 aliphatic carbocycles. The molecule has 0 saturated carbocycles. The molecule has 1 atom stereocenters. The Balaban J connectivity index is 2.13. The topological polar surface area (TPSA) is 49.8 Å². The van der Waals surface area contributed by atoms with E-state index in [1.54, 1.807) is 13.2 Å². The van der Waals surface area contributed by atoms with Crippen LogP contribution in [0.1, 0.15) is 18.5 Å². The number of halogens is 1. The number of hydrogen-bond donors (Lipinski definition) is 2. The van der Waals surface area contributed by atoms with Gasteiger partial charge in [0.1, 0.15) is 5.82 Å². The molecule has 2 rings (SSSR count). The van der Waals surface area contributed by atoms with Gasteiger partial charge in [-0.15, -0.1) is 0 Å². The van der Waals surface area contributed by atoms with Crippen LogP contribution in [-0.2, 0) is 0 Å². The van der Waals surface area contributed by atoms with Crippen LogP contribution in [0.15, 0.2) is 36.5 Å². The molecule has 0 bridgehead atoms. The number of nitrogens with one attached hydrogen (secondary N) is 2. The van der Waals surface area contributed by atoms with Crippen molar-refractivity contribution in [2.75, 3.05) is 17.7 Å². The zero-order valence-corrected chi connectivity index (χ0v) is 11.1. The molecule has 1 aromatic carbocycles. The zero-order chi connectivity index (χ0) is 13.0. The third-order valence-electron chi connectivity index (χ3n) is 2.59. The Hall–Kier alpha value is -1.81. The van der Waals surface area contributed by atoms with Crippen molar-refractivity contribution in [3.8, 4) is 0 Å². The van der Waals surface area contributed by atoms with E-state index in [0.29, 0.717) is 5.95 Å². The van der Waals surface area contributed by atoms with Crippen LogP contribution < -0.4 is 10.6 Å². The van der Waals surface area contributed by atoms with Gasteiger partial charge in [0.15, 0.2) is 0 Å². The smallest absolute Gasteiger partial charge is 0.224 e. The molecule has 2 N–H and O–H groups in total. The average molecular weight is 263 g/mol. The number of rotatable bonds is 4. The summed E-state index contributed by atoms with van der Waals surface area (Å²) in [6, 6.07) is 9.74. The number of benzene rings is 1. The third-order valence-corrected chi connectivity index (χ3v) is 2.83. The van der Waals surface area contributed by atoms with Crippen molar-refractivity contribution in [3.63, 3.8) is 0 Å². The van der Waals surface area contributed by atoms with Crippen LogP contribution in [0.2, 0.25) is 5.02 Å². The Kier molecular flexibility index (Phi) is 3.99. The van der Waals surface area contributed by atoms with Crippen LogP contribution >= 0.6 is 11.6 Å². The van der Waals surface area contributed by atoms with Crippen molar-refractivity contribution < 1.29 is 0 Å². The van der Waals surface area contributed by atoms with Gasteiger partial charge >= 0.3 is 0 Å². The Labute approximate surface area is 111 Å². The van der Waals surface area contributed by atoms with Crippen molar-refractivity contribution in [2.24, 2.45) is 0 Å². The fourth-order valence-corrected chi connectivity index (χ4v) is 1.84. The summed E-state index contributed by atoms with van der Waals surface area (Å²) in [4.78, 5) is 8.38. The molecule has 0 radical (unpaired) electrons. The van der Waals surface area contributed by atoms with E-state index < -0.39 is 0 Å². The highest BCUT2D eigenvalue weighted by molar-refractivity contribution is 6.30. The standard InChI is InChI=1S/C13H15ClN4/c1-9(10-4-3-5-11(14)8-10)17-12-6-7-16-13(15-2)18-12/h3-9H,1-2H3,(H2,15,16,17,18). The van der Waals surface area contributed by atoms with E-state index in [0.717, 1.165) is 16.4 Å². The third kappa shape index (κ3) is 3.11. The Morgan fingerprint density at radius 2 is 2.11 bits per heavy atom. The van der Waals surface area contributed by atoms with Crippen LogP contribution in [0.5, 0.6) is 0 Å². The van der Waals surface area contributed by atoms with E-state index in [2.05, 4.69) is 27.5 Å². The van der Waals surface area contributed by atoms with Crippen molar-refractivity contribution in [2.45, 2.75) is 13.0 Å². The molecule has 5 heteroatoms. The first kappa shape index (κ1) is 12.6. The minimum Gasteiger partial charge on any atom is -0.363 e. The first-order valence-corrected chi connectivity index (χ1v) is 6.09. The summed E-state index contributed by atoms with van der Waals surface area (Å²) in [6.45, 7) is 2.06. The quantitative estimate of drug-likeness (QED) is 0.887. The van der Waals surface area contributed by atoms with Gasteiger partial charge in [-0.05, 0) is 30.7 Å². The monoisotopic (exact) mass is 262 g/mol. The van der Waals surface area contributed by atoms with E-state index in [-0.39, 0.29) is 6.04 Å². The maximum Gasteiger partial charge on any atom is 0.224 e. The van der Waals surface area contributed by atoms with Gasteiger partial charge in [-0.25, -0.2) is 4.98 Å². The van der Waals surface area contributed by atoms with Crippen molar-refractivity contribution in [3.05, 3.63) is 47.1 Å². The fraction of sp³-hybridized carbons (Fsp3) is 0.231. The minimum absolute atomic E-state index is 0.128. The molecule has 18 heavy (non-hydrogen) atoms. The van der Waals surface area contributed by atoms with Crippen LogP contribution in [0, 0.1) is 0 Å². The molecular formula is C13H15ClN4. The lowest BCUT2D eigenvalue weighted by Crippen LogP contribution is -2.09. The van der Waals surface area contributed by atoms with Gasteiger partial charge in [0, 0.05) is 24.3 Å². The molecule has 0 aliphatic heterocycles. The van der Waals surface area contributed by atoms with Crippen LogP contribution in [0.25, 0.3) is 0 Å². The lowest BCUT2D eigenvalue weighted by atomic mass is 10.1. The van der Waals surface area contributed by atoms with Gasteiger partial charge in [-0.1, -0.05) is 23.7 Å². The summed E-state index contributed by atoms with van der Waals surface area (Å²) in [5.74, 6) is 1.38. The normalized spacial score (nSPS) is 11.9. The molecule has 1 aromatic heterocycles. The molecule has 94 valence electrons. The molecule has 1 heterocycles. The number of aromatic nitrogens is 2. The zero-order valence-electron chi connectivity index (χ0n) is 10.3. The summed E-state index contributed by atoms with van der Waals surface area (Å²) < 4.78 is 0.